The molecule has 1 aromatic heterocycles. The van der Waals surface area contributed by atoms with Crippen LogP contribution in [0.1, 0.15) is 52.6 Å². The van der Waals surface area contributed by atoms with Crippen LogP contribution in [0.25, 0.3) is 0 Å². The SMILES string of the molecule is Cc1nc(C2CC2)oc1C(=O)N1CCOC(c2ccccc2F)C1. The lowest BCUT2D eigenvalue weighted by Gasteiger charge is -2.32. The van der Waals surface area contributed by atoms with Crippen molar-refractivity contribution in [3.63, 3.8) is 0 Å². The van der Waals surface area contributed by atoms with E-state index in [0.717, 1.165) is 12.8 Å². The molecule has 1 aliphatic heterocycles. The molecule has 1 atom stereocenters. The number of ether oxygens (including phenoxy) is 1. The Morgan fingerprint density at radius 3 is 2.88 bits per heavy atom. The quantitative estimate of drug-likeness (QED) is 0.867. The van der Waals surface area contributed by atoms with E-state index in [-0.39, 0.29) is 11.7 Å². The number of aromatic nitrogens is 1. The molecule has 0 bridgehead atoms. The minimum absolute atomic E-state index is 0.198. The van der Waals surface area contributed by atoms with E-state index in [9.17, 15) is 9.18 Å². The van der Waals surface area contributed by atoms with Gasteiger partial charge in [0.05, 0.1) is 18.8 Å². The Balaban J connectivity index is 1.53. The van der Waals surface area contributed by atoms with Gasteiger partial charge in [-0.05, 0) is 25.8 Å². The maximum Gasteiger partial charge on any atom is 0.291 e. The Hall–Kier alpha value is -2.21. The van der Waals surface area contributed by atoms with Crippen molar-refractivity contribution >= 4 is 5.91 Å². The summed E-state index contributed by atoms with van der Waals surface area (Å²) in [7, 11) is 0. The van der Waals surface area contributed by atoms with Crippen molar-refractivity contribution in [2.45, 2.75) is 31.8 Å². The Morgan fingerprint density at radius 1 is 1.33 bits per heavy atom. The van der Waals surface area contributed by atoms with E-state index in [0.29, 0.717) is 48.5 Å². The van der Waals surface area contributed by atoms with E-state index < -0.39 is 6.10 Å². The number of carbonyl (C=O) groups is 1. The predicted octanol–water partition coefficient (Wildman–Crippen LogP) is 3.21. The zero-order valence-electron chi connectivity index (χ0n) is 13.5. The molecule has 0 radical (unpaired) electrons. The first-order valence-electron chi connectivity index (χ1n) is 8.26. The number of benzene rings is 1. The van der Waals surface area contributed by atoms with Crippen LogP contribution in [0.3, 0.4) is 0 Å². The average Bonchev–Trinajstić information content (AvgIpc) is 3.37. The minimum atomic E-state index is -0.463. The van der Waals surface area contributed by atoms with Gasteiger partial charge in [-0.15, -0.1) is 0 Å². The van der Waals surface area contributed by atoms with Crippen LogP contribution in [-0.4, -0.2) is 35.5 Å². The predicted molar refractivity (Wildman–Crippen MR) is 84.2 cm³/mol. The van der Waals surface area contributed by atoms with Crippen molar-refractivity contribution in [2.75, 3.05) is 19.7 Å². The minimum Gasteiger partial charge on any atom is -0.435 e. The number of morpholine rings is 1. The van der Waals surface area contributed by atoms with E-state index in [1.165, 1.54) is 6.07 Å². The van der Waals surface area contributed by atoms with Gasteiger partial charge in [-0.25, -0.2) is 9.37 Å². The molecule has 126 valence electrons. The molecule has 2 aromatic rings. The molecule has 2 aliphatic rings. The highest BCUT2D eigenvalue weighted by Gasteiger charge is 2.34. The molecule has 0 N–H and O–H groups in total. The van der Waals surface area contributed by atoms with Crippen LogP contribution in [0.4, 0.5) is 4.39 Å². The molecule has 1 saturated carbocycles. The lowest BCUT2D eigenvalue weighted by molar-refractivity contribution is -0.0253. The number of hydrogen-bond acceptors (Lipinski definition) is 4. The third kappa shape index (κ3) is 2.82. The highest BCUT2D eigenvalue weighted by atomic mass is 19.1. The highest BCUT2D eigenvalue weighted by molar-refractivity contribution is 5.92. The zero-order valence-corrected chi connectivity index (χ0v) is 13.5. The molecule has 1 saturated heterocycles. The average molecular weight is 330 g/mol. The van der Waals surface area contributed by atoms with Gasteiger partial charge in [-0.1, -0.05) is 18.2 Å². The van der Waals surface area contributed by atoms with E-state index >= 15 is 0 Å². The Bertz CT molecular complexity index is 769. The maximum atomic E-state index is 14.0. The van der Waals surface area contributed by atoms with Crippen molar-refractivity contribution in [1.82, 2.24) is 9.88 Å². The first-order chi connectivity index (χ1) is 11.6. The number of hydrogen-bond donors (Lipinski definition) is 0. The van der Waals surface area contributed by atoms with E-state index in [1.807, 2.05) is 0 Å². The van der Waals surface area contributed by atoms with Crippen molar-refractivity contribution in [3.8, 4) is 0 Å². The summed E-state index contributed by atoms with van der Waals surface area (Å²) in [5.41, 5.74) is 1.10. The lowest BCUT2D eigenvalue weighted by Crippen LogP contribution is -2.42. The Kier molecular flexibility index (Phi) is 3.84. The van der Waals surface area contributed by atoms with Gasteiger partial charge in [0, 0.05) is 18.0 Å². The van der Waals surface area contributed by atoms with Crippen molar-refractivity contribution in [1.29, 1.82) is 0 Å². The van der Waals surface area contributed by atoms with Crippen LogP contribution in [-0.2, 0) is 4.74 Å². The molecule has 2 heterocycles. The molecule has 1 aromatic carbocycles. The van der Waals surface area contributed by atoms with Crippen LogP contribution in [0.15, 0.2) is 28.7 Å². The Labute approximate surface area is 139 Å². The van der Waals surface area contributed by atoms with Gasteiger partial charge in [0.1, 0.15) is 11.9 Å². The summed E-state index contributed by atoms with van der Waals surface area (Å²) in [6, 6.07) is 6.51. The molecule has 6 heteroatoms. The second-order valence-corrected chi connectivity index (χ2v) is 6.37. The molecule has 0 spiro atoms. The van der Waals surface area contributed by atoms with Crippen LogP contribution in [0.2, 0.25) is 0 Å². The van der Waals surface area contributed by atoms with Crippen molar-refractivity contribution in [3.05, 3.63) is 53.0 Å². The topological polar surface area (TPSA) is 55.6 Å². The molecule has 1 aliphatic carbocycles. The maximum absolute atomic E-state index is 14.0. The fourth-order valence-corrected chi connectivity index (χ4v) is 3.02. The summed E-state index contributed by atoms with van der Waals surface area (Å²) in [5.74, 6) is 0.808. The van der Waals surface area contributed by atoms with Crippen LogP contribution in [0.5, 0.6) is 0 Å². The van der Waals surface area contributed by atoms with Gasteiger partial charge in [0.15, 0.2) is 5.89 Å². The second-order valence-electron chi connectivity index (χ2n) is 6.37. The summed E-state index contributed by atoms with van der Waals surface area (Å²) in [5, 5.41) is 0. The zero-order chi connectivity index (χ0) is 16.7. The van der Waals surface area contributed by atoms with Gasteiger partial charge in [0.2, 0.25) is 5.76 Å². The number of carbonyl (C=O) groups excluding carboxylic acids is 1. The first kappa shape index (κ1) is 15.3. The number of oxazole rings is 1. The number of rotatable bonds is 3. The molecular weight excluding hydrogens is 311 g/mol. The molecule has 5 nitrogen and oxygen atoms in total. The Morgan fingerprint density at radius 2 is 2.12 bits per heavy atom. The molecular formula is C18H19FN2O3. The van der Waals surface area contributed by atoms with Gasteiger partial charge in [0.25, 0.3) is 5.91 Å². The number of amides is 1. The summed E-state index contributed by atoms with van der Waals surface area (Å²) >= 11 is 0. The highest BCUT2D eigenvalue weighted by Crippen LogP contribution is 2.40. The fourth-order valence-electron chi connectivity index (χ4n) is 3.02. The monoisotopic (exact) mass is 330 g/mol. The fraction of sp³-hybridized carbons (Fsp3) is 0.444. The van der Waals surface area contributed by atoms with Crippen molar-refractivity contribution in [2.24, 2.45) is 0 Å². The summed E-state index contributed by atoms with van der Waals surface area (Å²) in [6.45, 7) is 2.92. The largest absolute Gasteiger partial charge is 0.435 e. The second kappa shape index (κ2) is 6.02. The third-order valence-electron chi connectivity index (χ3n) is 4.54. The van der Waals surface area contributed by atoms with E-state index in [4.69, 9.17) is 9.15 Å². The summed E-state index contributed by atoms with van der Waals surface area (Å²) < 4.78 is 25.3. The normalized spacial score (nSPS) is 21.1. The van der Waals surface area contributed by atoms with Crippen LogP contribution >= 0.6 is 0 Å². The number of aryl methyl sites for hydroxylation is 1. The number of halogens is 1. The first-order valence-corrected chi connectivity index (χ1v) is 8.26. The smallest absolute Gasteiger partial charge is 0.291 e. The molecule has 1 amide bonds. The van der Waals surface area contributed by atoms with Crippen molar-refractivity contribution < 1.29 is 18.3 Å². The van der Waals surface area contributed by atoms with Gasteiger partial charge in [-0.3, -0.25) is 4.79 Å². The van der Waals surface area contributed by atoms with Crippen LogP contribution < -0.4 is 0 Å². The summed E-state index contributed by atoms with van der Waals surface area (Å²) in [4.78, 5) is 18.8. The molecule has 1 unspecified atom stereocenters. The standard InChI is InChI=1S/C18H19FN2O3/c1-11-16(24-17(20-11)12-6-7-12)18(22)21-8-9-23-15(10-21)13-4-2-3-5-14(13)19/h2-5,12,15H,6-10H2,1H3. The van der Waals surface area contributed by atoms with Gasteiger partial charge >= 0.3 is 0 Å². The molecule has 4 rings (SSSR count). The molecule has 24 heavy (non-hydrogen) atoms. The third-order valence-corrected chi connectivity index (χ3v) is 4.54. The van der Waals surface area contributed by atoms with E-state index in [2.05, 4.69) is 4.98 Å². The summed E-state index contributed by atoms with van der Waals surface area (Å²) in [6.07, 6.45) is 1.68. The lowest BCUT2D eigenvalue weighted by atomic mass is 10.1. The number of nitrogens with zero attached hydrogens (tertiary/aromatic N) is 2. The van der Waals surface area contributed by atoms with Crippen LogP contribution in [0, 0.1) is 12.7 Å². The molecule has 2 fully saturated rings. The van der Waals surface area contributed by atoms with Gasteiger partial charge < -0.3 is 14.1 Å². The van der Waals surface area contributed by atoms with Gasteiger partial charge in [-0.2, -0.15) is 0 Å². The van der Waals surface area contributed by atoms with E-state index in [1.54, 1.807) is 30.0 Å².